The number of nitrogens with zero attached hydrogens (tertiary/aromatic N) is 1. The summed E-state index contributed by atoms with van der Waals surface area (Å²) in [5, 5.41) is 13.9. The molecule has 0 aliphatic heterocycles. The average Bonchev–Trinajstić information content (AvgIpc) is 2.94. The second-order valence-electron chi connectivity index (χ2n) is 4.97. The molecule has 0 saturated carbocycles. The Balaban J connectivity index is 1.90. The minimum atomic E-state index is -0.500. The van der Waals surface area contributed by atoms with E-state index in [-0.39, 0.29) is 11.5 Å². The second kappa shape index (κ2) is 5.77. The van der Waals surface area contributed by atoms with E-state index >= 15 is 0 Å². The monoisotopic (exact) mass is 330 g/mol. The van der Waals surface area contributed by atoms with Gasteiger partial charge in [-0.25, -0.2) is 4.39 Å². The van der Waals surface area contributed by atoms with Gasteiger partial charge in [-0.1, -0.05) is 12.1 Å². The number of anilines is 1. The third kappa shape index (κ3) is 2.91. The molecule has 7 heteroatoms. The molecule has 5 nitrogen and oxygen atoms in total. The number of carbonyl (C=O) groups excluding carboxylic acids is 1. The van der Waals surface area contributed by atoms with Gasteiger partial charge in [0.15, 0.2) is 0 Å². The zero-order valence-corrected chi connectivity index (χ0v) is 12.8. The Hall–Kier alpha value is -2.80. The van der Waals surface area contributed by atoms with Gasteiger partial charge in [-0.05, 0) is 31.2 Å². The van der Waals surface area contributed by atoms with Crippen LogP contribution in [0.2, 0.25) is 0 Å². The molecule has 0 atom stereocenters. The van der Waals surface area contributed by atoms with Crippen LogP contribution >= 0.6 is 11.3 Å². The maximum atomic E-state index is 13.7. The summed E-state index contributed by atoms with van der Waals surface area (Å²) in [6.07, 6.45) is 0. The van der Waals surface area contributed by atoms with Crippen molar-refractivity contribution in [2.45, 2.75) is 6.92 Å². The number of nitrogens with one attached hydrogen (secondary N) is 1. The van der Waals surface area contributed by atoms with Crippen molar-refractivity contribution in [1.29, 1.82) is 0 Å². The van der Waals surface area contributed by atoms with Gasteiger partial charge in [-0.15, -0.1) is 11.3 Å². The first-order chi connectivity index (χ1) is 11.0. The minimum absolute atomic E-state index is 0.0646. The zero-order chi connectivity index (χ0) is 16.6. The number of nitro benzene ring substituents is 1. The number of fused-ring (bicyclic) bond motifs is 1. The van der Waals surface area contributed by atoms with E-state index in [9.17, 15) is 19.3 Å². The highest BCUT2D eigenvalue weighted by atomic mass is 32.1. The van der Waals surface area contributed by atoms with E-state index in [4.69, 9.17) is 0 Å². The van der Waals surface area contributed by atoms with E-state index < -0.39 is 10.8 Å². The standard InChI is InChI=1S/C16H11FN2O3S/c1-9-5-6-10(7-13(9)19(21)22)18-16(20)15-8-11-12(17)3-2-4-14(11)23-15/h2-8H,1H3,(H,18,20). The number of hydrogen-bond donors (Lipinski definition) is 1. The van der Waals surface area contributed by atoms with Crippen molar-refractivity contribution in [3.8, 4) is 0 Å². The molecule has 0 aliphatic rings. The van der Waals surface area contributed by atoms with E-state index in [2.05, 4.69) is 5.32 Å². The summed E-state index contributed by atoms with van der Waals surface area (Å²) >= 11 is 1.17. The summed E-state index contributed by atoms with van der Waals surface area (Å²) in [7, 11) is 0. The predicted octanol–water partition coefficient (Wildman–Crippen LogP) is 4.51. The number of benzene rings is 2. The maximum absolute atomic E-state index is 13.7. The summed E-state index contributed by atoms with van der Waals surface area (Å²) in [5.41, 5.74) is 0.771. The molecular formula is C16H11FN2O3S. The van der Waals surface area contributed by atoms with Crippen molar-refractivity contribution in [3.05, 3.63) is 68.8 Å². The Morgan fingerprint density at radius 2 is 2.04 bits per heavy atom. The van der Waals surface area contributed by atoms with Crippen LogP contribution < -0.4 is 5.32 Å². The van der Waals surface area contributed by atoms with Crippen molar-refractivity contribution in [3.63, 3.8) is 0 Å². The number of aryl methyl sites for hydroxylation is 1. The Morgan fingerprint density at radius 3 is 2.74 bits per heavy atom. The highest BCUT2D eigenvalue weighted by molar-refractivity contribution is 7.20. The lowest BCUT2D eigenvalue weighted by Crippen LogP contribution is -2.10. The van der Waals surface area contributed by atoms with E-state index in [0.717, 1.165) is 0 Å². The number of hydrogen-bond acceptors (Lipinski definition) is 4. The van der Waals surface area contributed by atoms with Gasteiger partial charge in [-0.3, -0.25) is 14.9 Å². The molecule has 0 unspecified atom stereocenters. The molecule has 23 heavy (non-hydrogen) atoms. The van der Waals surface area contributed by atoms with Crippen LogP contribution in [0.3, 0.4) is 0 Å². The van der Waals surface area contributed by atoms with Crippen molar-refractivity contribution < 1.29 is 14.1 Å². The van der Waals surface area contributed by atoms with Gasteiger partial charge in [0.2, 0.25) is 0 Å². The molecule has 0 spiro atoms. The summed E-state index contributed by atoms with van der Waals surface area (Å²) < 4.78 is 14.3. The van der Waals surface area contributed by atoms with Crippen molar-refractivity contribution in [2.24, 2.45) is 0 Å². The smallest absolute Gasteiger partial charge is 0.274 e. The summed E-state index contributed by atoms with van der Waals surface area (Å²) in [6, 6.07) is 10.6. The Kier molecular flexibility index (Phi) is 3.79. The van der Waals surface area contributed by atoms with Gasteiger partial charge in [0.05, 0.1) is 9.80 Å². The number of halogens is 1. The average molecular weight is 330 g/mol. The first kappa shape index (κ1) is 15.1. The van der Waals surface area contributed by atoms with Gasteiger partial charge in [0.1, 0.15) is 5.82 Å². The van der Waals surface area contributed by atoms with Gasteiger partial charge in [0, 0.05) is 27.4 Å². The van der Waals surface area contributed by atoms with E-state index in [1.165, 1.54) is 29.5 Å². The minimum Gasteiger partial charge on any atom is -0.321 e. The quantitative estimate of drug-likeness (QED) is 0.567. The normalized spacial score (nSPS) is 10.7. The van der Waals surface area contributed by atoms with Crippen LogP contribution in [0.1, 0.15) is 15.2 Å². The summed E-state index contributed by atoms with van der Waals surface area (Å²) in [6.45, 7) is 1.62. The third-order valence-corrected chi connectivity index (χ3v) is 4.49. The van der Waals surface area contributed by atoms with Crippen LogP contribution in [-0.2, 0) is 0 Å². The van der Waals surface area contributed by atoms with Crippen LogP contribution in [0.15, 0.2) is 42.5 Å². The highest BCUT2D eigenvalue weighted by Gasteiger charge is 2.15. The van der Waals surface area contributed by atoms with Crippen molar-refractivity contribution in [2.75, 3.05) is 5.32 Å². The van der Waals surface area contributed by atoms with Gasteiger partial charge < -0.3 is 5.32 Å². The SMILES string of the molecule is Cc1ccc(NC(=O)c2cc3c(F)cccc3s2)cc1[N+](=O)[O-]. The molecule has 0 bridgehead atoms. The molecule has 3 aromatic rings. The number of rotatable bonds is 3. The Bertz CT molecular complexity index is 936. The van der Waals surface area contributed by atoms with Crippen LogP contribution in [0, 0.1) is 22.9 Å². The molecule has 116 valence electrons. The molecule has 0 fully saturated rings. The number of carbonyl (C=O) groups is 1. The molecule has 0 aliphatic carbocycles. The molecule has 3 rings (SSSR count). The lowest BCUT2D eigenvalue weighted by molar-refractivity contribution is -0.385. The fourth-order valence-electron chi connectivity index (χ4n) is 2.21. The molecule has 0 radical (unpaired) electrons. The fourth-order valence-corrected chi connectivity index (χ4v) is 3.18. The topological polar surface area (TPSA) is 72.2 Å². The largest absolute Gasteiger partial charge is 0.321 e. The van der Waals surface area contributed by atoms with Crippen molar-refractivity contribution >= 4 is 38.7 Å². The third-order valence-electron chi connectivity index (χ3n) is 3.40. The summed E-state index contributed by atoms with van der Waals surface area (Å²) in [5.74, 6) is -0.812. The number of amides is 1. The lowest BCUT2D eigenvalue weighted by atomic mass is 10.2. The highest BCUT2D eigenvalue weighted by Crippen LogP contribution is 2.29. The maximum Gasteiger partial charge on any atom is 0.274 e. The molecule has 1 amide bonds. The summed E-state index contributed by atoms with van der Waals surface area (Å²) in [4.78, 5) is 23.0. The van der Waals surface area contributed by atoms with Crippen molar-refractivity contribution in [1.82, 2.24) is 0 Å². The van der Waals surface area contributed by atoms with Gasteiger partial charge in [0.25, 0.3) is 11.6 Å². The molecular weight excluding hydrogens is 319 g/mol. The first-order valence-corrected chi connectivity index (χ1v) is 7.52. The molecule has 2 aromatic carbocycles. The number of nitro groups is 1. The predicted molar refractivity (Wildman–Crippen MR) is 87.6 cm³/mol. The van der Waals surface area contributed by atoms with Crippen LogP contribution in [0.25, 0.3) is 10.1 Å². The fraction of sp³-hybridized carbons (Fsp3) is 0.0625. The molecule has 1 aromatic heterocycles. The lowest BCUT2D eigenvalue weighted by Gasteiger charge is -2.04. The van der Waals surface area contributed by atoms with Crippen LogP contribution in [-0.4, -0.2) is 10.8 Å². The Labute approximate surface area is 134 Å². The van der Waals surface area contributed by atoms with Crippen LogP contribution in [0.4, 0.5) is 15.8 Å². The zero-order valence-electron chi connectivity index (χ0n) is 12.0. The van der Waals surface area contributed by atoms with Crippen LogP contribution in [0.5, 0.6) is 0 Å². The van der Waals surface area contributed by atoms with Gasteiger partial charge >= 0.3 is 0 Å². The van der Waals surface area contributed by atoms with E-state index in [0.29, 0.717) is 26.2 Å². The van der Waals surface area contributed by atoms with E-state index in [1.807, 2.05) is 0 Å². The number of thiophene rings is 1. The first-order valence-electron chi connectivity index (χ1n) is 6.70. The second-order valence-corrected chi connectivity index (χ2v) is 6.06. The molecule has 0 saturated heterocycles. The Morgan fingerprint density at radius 1 is 1.26 bits per heavy atom. The van der Waals surface area contributed by atoms with Gasteiger partial charge in [-0.2, -0.15) is 0 Å². The van der Waals surface area contributed by atoms with E-state index in [1.54, 1.807) is 31.2 Å². The molecule has 1 heterocycles. The molecule has 1 N–H and O–H groups in total.